The lowest BCUT2D eigenvalue weighted by Gasteiger charge is -2.12. The van der Waals surface area contributed by atoms with Crippen molar-refractivity contribution in [3.63, 3.8) is 0 Å². The highest BCUT2D eigenvalue weighted by atomic mass is 16.5. The molecule has 0 spiro atoms. The van der Waals surface area contributed by atoms with Crippen LogP contribution in [0, 0.1) is 5.92 Å². The molecule has 0 bridgehead atoms. The number of urea groups is 1. The molecule has 0 heterocycles. The minimum atomic E-state index is -1.26. The quantitative estimate of drug-likeness (QED) is 0.530. The van der Waals surface area contributed by atoms with Gasteiger partial charge in [-0.1, -0.05) is 12.1 Å². The number of methoxy groups -OCH3 is 1. The van der Waals surface area contributed by atoms with Gasteiger partial charge in [-0.15, -0.1) is 0 Å². The first-order valence-corrected chi connectivity index (χ1v) is 7.01. The Kier molecular flexibility index (Phi) is 7.38. The molecule has 1 unspecified atom stereocenters. The Hall–Kier alpha value is -2.77. The Labute approximate surface area is 133 Å². The molecule has 1 atom stereocenters. The zero-order valence-corrected chi connectivity index (χ0v) is 12.7. The van der Waals surface area contributed by atoms with Crippen LogP contribution < -0.4 is 15.4 Å². The van der Waals surface area contributed by atoms with Gasteiger partial charge in [0.25, 0.3) is 0 Å². The van der Waals surface area contributed by atoms with E-state index in [9.17, 15) is 14.4 Å². The third-order valence-corrected chi connectivity index (χ3v) is 3.14. The van der Waals surface area contributed by atoms with Gasteiger partial charge in [-0.3, -0.25) is 9.59 Å². The summed E-state index contributed by atoms with van der Waals surface area (Å²) in [6, 6.07) is 6.87. The molecule has 0 aliphatic rings. The highest BCUT2D eigenvalue weighted by molar-refractivity contribution is 5.79. The van der Waals surface area contributed by atoms with E-state index in [-0.39, 0.29) is 6.54 Å². The maximum Gasteiger partial charge on any atom is 0.314 e. The van der Waals surface area contributed by atoms with Crippen LogP contribution in [0.4, 0.5) is 4.79 Å². The van der Waals surface area contributed by atoms with Gasteiger partial charge >= 0.3 is 18.0 Å². The molecule has 126 valence electrons. The van der Waals surface area contributed by atoms with Gasteiger partial charge in [0.15, 0.2) is 0 Å². The number of hydrogen-bond donors (Lipinski definition) is 4. The number of benzene rings is 1. The van der Waals surface area contributed by atoms with E-state index in [2.05, 4.69) is 10.6 Å². The summed E-state index contributed by atoms with van der Waals surface area (Å²) >= 11 is 0. The Morgan fingerprint density at radius 3 is 2.30 bits per heavy atom. The number of ether oxygens (including phenoxy) is 1. The number of carbonyl (C=O) groups excluding carboxylic acids is 1. The molecule has 1 aromatic rings. The Balaban J connectivity index is 2.30. The summed E-state index contributed by atoms with van der Waals surface area (Å²) in [6.07, 6.45) is 0.0658. The van der Waals surface area contributed by atoms with Crippen molar-refractivity contribution < 1.29 is 29.3 Å². The molecule has 8 nitrogen and oxygen atoms in total. The van der Waals surface area contributed by atoms with E-state index < -0.39 is 30.3 Å². The molecule has 1 aromatic carbocycles. The molecule has 0 saturated carbocycles. The first kappa shape index (κ1) is 18.3. The predicted molar refractivity (Wildman–Crippen MR) is 81.5 cm³/mol. The molecule has 0 aromatic heterocycles. The van der Waals surface area contributed by atoms with Crippen molar-refractivity contribution in [2.45, 2.75) is 12.8 Å². The summed E-state index contributed by atoms with van der Waals surface area (Å²) in [6.45, 7) is 0.130. The van der Waals surface area contributed by atoms with Crippen LogP contribution in [0.5, 0.6) is 5.75 Å². The van der Waals surface area contributed by atoms with Crippen molar-refractivity contribution in [1.29, 1.82) is 0 Å². The number of hydrogen-bond acceptors (Lipinski definition) is 4. The molecule has 2 amide bonds. The van der Waals surface area contributed by atoms with E-state index in [0.29, 0.717) is 13.0 Å². The number of aliphatic carboxylic acids is 2. The van der Waals surface area contributed by atoms with Crippen LogP contribution in [-0.4, -0.2) is 48.4 Å². The van der Waals surface area contributed by atoms with Crippen molar-refractivity contribution in [2.75, 3.05) is 20.2 Å². The second-order valence-corrected chi connectivity index (χ2v) is 4.87. The van der Waals surface area contributed by atoms with Crippen molar-refractivity contribution >= 4 is 18.0 Å². The van der Waals surface area contributed by atoms with E-state index in [1.807, 2.05) is 24.3 Å². The number of carbonyl (C=O) groups is 3. The number of amides is 2. The van der Waals surface area contributed by atoms with Crippen LogP contribution in [0.1, 0.15) is 12.0 Å². The van der Waals surface area contributed by atoms with Crippen LogP contribution in [-0.2, 0) is 16.0 Å². The van der Waals surface area contributed by atoms with Gasteiger partial charge in [0.05, 0.1) is 19.4 Å². The van der Waals surface area contributed by atoms with Crippen molar-refractivity contribution in [3.05, 3.63) is 29.8 Å². The van der Waals surface area contributed by atoms with Gasteiger partial charge in [-0.25, -0.2) is 4.79 Å². The fourth-order valence-electron chi connectivity index (χ4n) is 1.85. The van der Waals surface area contributed by atoms with Crippen LogP contribution in [0.2, 0.25) is 0 Å². The number of rotatable bonds is 9. The summed E-state index contributed by atoms with van der Waals surface area (Å²) in [5.41, 5.74) is 1.01. The van der Waals surface area contributed by atoms with Crippen LogP contribution in [0.15, 0.2) is 24.3 Å². The minimum absolute atomic E-state index is 0.240. The lowest BCUT2D eigenvalue weighted by molar-refractivity contribution is -0.148. The average Bonchev–Trinajstić information content (AvgIpc) is 2.51. The topological polar surface area (TPSA) is 125 Å². The van der Waals surface area contributed by atoms with Crippen LogP contribution in [0.3, 0.4) is 0 Å². The highest BCUT2D eigenvalue weighted by Gasteiger charge is 2.21. The largest absolute Gasteiger partial charge is 0.497 e. The van der Waals surface area contributed by atoms with Crippen molar-refractivity contribution in [1.82, 2.24) is 10.6 Å². The number of carboxylic acids is 2. The smallest absolute Gasteiger partial charge is 0.314 e. The van der Waals surface area contributed by atoms with Gasteiger partial charge in [-0.05, 0) is 24.1 Å². The lowest BCUT2D eigenvalue weighted by atomic mass is 10.1. The van der Waals surface area contributed by atoms with Crippen LogP contribution >= 0.6 is 0 Å². The fraction of sp³-hybridized carbons (Fsp3) is 0.400. The minimum Gasteiger partial charge on any atom is -0.497 e. The highest BCUT2D eigenvalue weighted by Crippen LogP contribution is 2.11. The first-order chi connectivity index (χ1) is 10.9. The number of carboxylic acid groups (broad SMARTS) is 2. The predicted octanol–water partition coefficient (Wildman–Crippen LogP) is 0.712. The van der Waals surface area contributed by atoms with Gasteiger partial charge in [-0.2, -0.15) is 0 Å². The van der Waals surface area contributed by atoms with E-state index >= 15 is 0 Å². The fourth-order valence-corrected chi connectivity index (χ4v) is 1.85. The number of nitrogens with one attached hydrogen (secondary N) is 2. The van der Waals surface area contributed by atoms with Gasteiger partial charge in [0.2, 0.25) is 0 Å². The summed E-state index contributed by atoms with van der Waals surface area (Å²) in [5.74, 6) is -2.89. The lowest BCUT2D eigenvalue weighted by Crippen LogP contribution is -2.41. The third kappa shape index (κ3) is 7.16. The summed E-state index contributed by atoms with van der Waals surface area (Å²) in [7, 11) is 1.58. The molecular weight excluding hydrogens is 304 g/mol. The first-order valence-electron chi connectivity index (χ1n) is 7.01. The Morgan fingerprint density at radius 1 is 1.13 bits per heavy atom. The average molecular weight is 324 g/mol. The SMILES string of the molecule is COc1ccc(CCNC(=O)NCC(CC(=O)O)C(=O)O)cc1. The monoisotopic (exact) mass is 324 g/mol. The molecular formula is C15H20N2O6. The van der Waals surface area contributed by atoms with E-state index in [4.69, 9.17) is 14.9 Å². The molecule has 0 aliphatic heterocycles. The third-order valence-electron chi connectivity index (χ3n) is 3.14. The molecule has 4 N–H and O–H groups in total. The Bertz CT molecular complexity index is 543. The zero-order chi connectivity index (χ0) is 17.2. The summed E-state index contributed by atoms with van der Waals surface area (Å²) in [5, 5.41) is 22.4. The zero-order valence-electron chi connectivity index (χ0n) is 12.7. The molecule has 0 fully saturated rings. The second-order valence-electron chi connectivity index (χ2n) is 4.87. The summed E-state index contributed by atoms with van der Waals surface area (Å²) < 4.78 is 5.04. The maximum absolute atomic E-state index is 11.6. The van der Waals surface area contributed by atoms with E-state index in [0.717, 1.165) is 11.3 Å². The van der Waals surface area contributed by atoms with Crippen molar-refractivity contribution in [2.24, 2.45) is 5.92 Å². The standard InChI is InChI=1S/C15H20N2O6/c1-23-12-4-2-10(3-5-12)6-7-16-15(22)17-9-11(14(20)21)8-13(18)19/h2-5,11H,6-9H2,1H3,(H,18,19)(H,20,21)(H2,16,17,22). The molecule has 0 aliphatic carbocycles. The van der Waals surface area contributed by atoms with Gasteiger partial charge in [0, 0.05) is 13.1 Å². The van der Waals surface area contributed by atoms with Gasteiger partial charge in [0.1, 0.15) is 5.75 Å². The van der Waals surface area contributed by atoms with Crippen molar-refractivity contribution in [3.8, 4) is 5.75 Å². The second kappa shape index (κ2) is 9.29. The molecule has 8 heteroatoms. The molecule has 1 rings (SSSR count). The van der Waals surface area contributed by atoms with Crippen LogP contribution in [0.25, 0.3) is 0 Å². The molecule has 23 heavy (non-hydrogen) atoms. The molecule has 0 radical (unpaired) electrons. The molecule has 0 saturated heterocycles. The van der Waals surface area contributed by atoms with E-state index in [1.54, 1.807) is 7.11 Å². The normalized spacial score (nSPS) is 11.3. The van der Waals surface area contributed by atoms with E-state index in [1.165, 1.54) is 0 Å². The van der Waals surface area contributed by atoms with Gasteiger partial charge < -0.3 is 25.6 Å². The Morgan fingerprint density at radius 2 is 1.78 bits per heavy atom. The maximum atomic E-state index is 11.6. The summed E-state index contributed by atoms with van der Waals surface area (Å²) in [4.78, 5) is 33.0.